The second kappa shape index (κ2) is 6.18. The van der Waals surface area contributed by atoms with Gasteiger partial charge in [0.2, 0.25) is 5.91 Å². The summed E-state index contributed by atoms with van der Waals surface area (Å²) in [7, 11) is 0. The molecule has 0 saturated carbocycles. The number of nitriles is 1. The molecule has 4 nitrogen and oxygen atoms in total. The van der Waals surface area contributed by atoms with E-state index in [2.05, 4.69) is 16.7 Å². The fourth-order valence-corrected chi connectivity index (χ4v) is 2.20. The van der Waals surface area contributed by atoms with Crippen molar-refractivity contribution in [1.29, 1.82) is 5.26 Å². The molecule has 1 aliphatic rings. The third-order valence-corrected chi connectivity index (χ3v) is 3.12. The highest BCUT2D eigenvalue weighted by Crippen LogP contribution is 2.13. The molecule has 0 spiro atoms. The maximum atomic E-state index is 11.8. The summed E-state index contributed by atoms with van der Waals surface area (Å²) >= 11 is 0. The number of amides is 1. The van der Waals surface area contributed by atoms with Crippen molar-refractivity contribution in [2.45, 2.75) is 31.7 Å². The average molecular weight is 243 g/mol. The number of hydrogen-bond donors (Lipinski definition) is 2. The molecule has 4 heteroatoms. The van der Waals surface area contributed by atoms with Crippen molar-refractivity contribution in [3.8, 4) is 6.07 Å². The second-order valence-electron chi connectivity index (χ2n) is 4.59. The largest absolute Gasteiger partial charge is 0.326 e. The van der Waals surface area contributed by atoms with Gasteiger partial charge in [-0.05, 0) is 37.6 Å². The van der Waals surface area contributed by atoms with Gasteiger partial charge in [-0.25, -0.2) is 0 Å². The molecule has 1 saturated heterocycles. The fourth-order valence-electron chi connectivity index (χ4n) is 2.20. The zero-order valence-electron chi connectivity index (χ0n) is 10.3. The predicted molar refractivity (Wildman–Crippen MR) is 70.0 cm³/mol. The molecule has 1 heterocycles. The van der Waals surface area contributed by atoms with Crippen LogP contribution < -0.4 is 10.6 Å². The summed E-state index contributed by atoms with van der Waals surface area (Å²) in [5.74, 6) is 0.00416. The molecule has 0 bridgehead atoms. The monoisotopic (exact) mass is 243 g/mol. The summed E-state index contributed by atoms with van der Waals surface area (Å²) in [5.41, 5.74) is 1.25. The van der Waals surface area contributed by atoms with Gasteiger partial charge in [0.1, 0.15) is 0 Å². The SMILES string of the molecule is N#Cc1cccc(NC(=O)CC2CCCCN2)c1. The van der Waals surface area contributed by atoms with Gasteiger partial charge in [-0.1, -0.05) is 12.5 Å². The van der Waals surface area contributed by atoms with E-state index in [-0.39, 0.29) is 11.9 Å². The van der Waals surface area contributed by atoms with E-state index < -0.39 is 0 Å². The van der Waals surface area contributed by atoms with Crippen molar-refractivity contribution in [2.24, 2.45) is 0 Å². The molecule has 1 unspecified atom stereocenters. The third-order valence-electron chi connectivity index (χ3n) is 3.12. The van der Waals surface area contributed by atoms with Crippen LogP contribution in [0.1, 0.15) is 31.2 Å². The Labute approximate surface area is 107 Å². The summed E-state index contributed by atoms with van der Waals surface area (Å²) in [6.45, 7) is 1.00. The molecule has 1 atom stereocenters. The number of anilines is 1. The molecule has 0 aromatic heterocycles. The van der Waals surface area contributed by atoms with Gasteiger partial charge in [-0.2, -0.15) is 5.26 Å². The van der Waals surface area contributed by atoms with Crippen molar-refractivity contribution < 1.29 is 4.79 Å². The van der Waals surface area contributed by atoms with E-state index in [0.29, 0.717) is 17.7 Å². The number of carbonyl (C=O) groups is 1. The molecule has 2 rings (SSSR count). The lowest BCUT2D eigenvalue weighted by Gasteiger charge is -2.22. The van der Waals surface area contributed by atoms with Crippen molar-refractivity contribution in [2.75, 3.05) is 11.9 Å². The molecule has 1 aromatic carbocycles. The van der Waals surface area contributed by atoms with Crippen LogP contribution in [0.3, 0.4) is 0 Å². The van der Waals surface area contributed by atoms with Crippen molar-refractivity contribution in [1.82, 2.24) is 5.32 Å². The van der Waals surface area contributed by atoms with Crippen LogP contribution in [0.25, 0.3) is 0 Å². The lowest BCUT2D eigenvalue weighted by molar-refractivity contribution is -0.116. The number of nitrogens with one attached hydrogen (secondary N) is 2. The first-order chi connectivity index (χ1) is 8.78. The Kier molecular flexibility index (Phi) is 4.32. The highest BCUT2D eigenvalue weighted by Gasteiger charge is 2.16. The minimum absolute atomic E-state index is 0.00416. The minimum atomic E-state index is 0.00416. The predicted octanol–water partition coefficient (Wildman–Crippen LogP) is 2.03. The second-order valence-corrected chi connectivity index (χ2v) is 4.59. The normalized spacial score (nSPS) is 18.9. The highest BCUT2D eigenvalue weighted by atomic mass is 16.1. The van der Waals surface area contributed by atoms with E-state index in [0.717, 1.165) is 13.0 Å². The highest BCUT2D eigenvalue weighted by molar-refractivity contribution is 5.91. The molecule has 1 fully saturated rings. The maximum absolute atomic E-state index is 11.8. The minimum Gasteiger partial charge on any atom is -0.326 e. The number of carbonyl (C=O) groups excluding carboxylic acids is 1. The molecule has 1 aliphatic heterocycles. The Morgan fingerprint density at radius 3 is 3.11 bits per heavy atom. The van der Waals surface area contributed by atoms with Crippen LogP contribution in [0.15, 0.2) is 24.3 Å². The first-order valence-corrected chi connectivity index (χ1v) is 6.31. The maximum Gasteiger partial charge on any atom is 0.225 e. The van der Waals surface area contributed by atoms with Crippen molar-refractivity contribution in [3.63, 3.8) is 0 Å². The molecule has 0 aliphatic carbocycles. The first kappa shape index (κ1) is 12.6. The molecule has 18 heavy (non-hydrogen) atoms. The van der Waals surface area contributed by atoms with Gasteiger partial charge in [0.25, 0.3) is 0 Å². The number of piperidine rings is 1. The van der Waals surface area contributed by atoms with E-state index in [1.165, 1.54) is 12.8 Å². The molecule has 0 radical (unpaired) electrons. The zero-order chi connectivity index (χ0) is 12.8. The Morgan fingerprint density at radius 1 is 1.50 bits per heavy atom. The van der Waals surface area contributed by atoms with Crippen LogP contribution in [0.5, 0.6) is 0 Å². The third kappa shape index (κ3) is 3.57. The van der Waals surface area contributed by atoms with Gasteiger partial charge >= 0.3 is 0 Å². The summed E-state index contributed by atoms with van der Waals surface area (Å²) in [5, 5.41) is 15.0. The van der Waals surface area contributed by atoms with Crippen LogP contribution in [-0.2, 0) is 4.79 Å². The van der Waals surface area contributed by atoms with Crippen molar-refractivity contribution >= 4 is 11.6 Å². The van der Waals surface area contributed by atoms with Crippen LogP contribution in [-0.4, -0.2) is 18.5 Å². The van der Waals surface area contributed by atoms with Crippen LogP contribution in [0, 0.1) is 11.3 Å². The number of nitrogens with zero attached hydrogens (tertiary/aromatic N) is 1. The van der Waals surface area contributed by atoms with E-state index in [4.69, 9.17) is 5.26 Å². The number of benzene rings is 1. The lowest BCUT2D eigenvalue weighted by atomic mass is 10.0. The smallest absolute Gasteiger partial charge is 0.225 e. The molecular weight excluding hydrogens is 226 g/mol. The molecular formula is C14H17N3O. The van der Waals surface area contributed by atoms with Crippen LogP contribution >= 0.6 is 0 Å². The van der Waals surface area contributed by atoms with Gasteiger partial charge in [0.05, 0.1) is 11.6 Å². The Morgan fingerprint density at radius 2 is 2.39 bits per heavy atom. The van der Waals surface area contributed by atoms with E-state index in [1.807, 2.05) is 0 Å². The number of hydrogen-bond acceptors (Lipinski definition) is 3. The summed E-state index contributed by atoms with van der Waals surface area (Å²) in [4.78, 5) is 11.8. The zero-order valence-corrected chi connectivity index (χ0v) is 10.3. The lowest BCUT2D eigenvalue weighted by Crippen LogP contribution is -2.36. The van der Waals surface area contributed by atoms with Crippen molar-refractivity contribution in [3.05, 3.63) is 29.8 Å². The van der Waals surface area contributed by atoms with Gasteiger partial charge in [0.15, 0.2) is 0 Å². The molecule has 2 N–H and O–H groups in total. The summed E-state index contributed by atoms with van der Waals surface area (Å²) in [6, 6.07) is 9.32. The average Bonchev–Trinajstić information content (AvgIpc) is 2.40. The Bertz CT molecular complexity index is 458. The van der Waals surface area contributed by atoms with Gasteiger partial charge < -0.3 is 10.6 Å². The number of rotatable bonds is 3. The Balaban J connectivity index is 1.88. The van der Waals surface area contributed by atoms with E-state index >= 15 is 0 Å². The topological polar surface area (TPSA) is 64.9 Å². The van der Waals surface area contributed by atoms with Crippen LogP contribution in [0.4, 0.5) is 5.69 Å². The molecule has 94 valence electrons. The summed E-state index contributed by atoms with van der Waals surface area (Å²) in [6.07, 6.45) is 3.94. The van der Waals surface area contributed by atoms with Gasteiger partial charge in [-0.3, -0.25) is 4.79 Å². The standard InChI is InChI=1S/C14H17N3O/c15-10-11-4-3-6-13(8-11)17-14(18)9-12-5-1-2-7-16-12/h3-4,6,8,12,16H,1-2,5,7,9H2,(H,17,18). The van der Waals surface area contributed by atoms with E-state index in [1.54, 1.807) is 24.3 Å². The van der Waals surface area contributed by atoms with Gasteiger partial charge in [-0.15, -0.1) is 0 Å². The fraction of sp³-hybridized carbons (Fsp3) is 0.429. The summed E-state index contributed by atoms with van der Waals surface area (Å²) < 4.78 is 0. The van der Waals surface area contributed by atoms with Crippen LogP contribution in [0.2, 0.25) is 0 Å². The first-order valence-electron chi connectivity index (χ1n) is 6.31. The molecule has 1 amide bonds. The quantitative estimate of drug-likeness (QED) is 0.853. The molecule has 1 aromatic rings. The Hall–Kier alpha value is -1.86. The van der Waals surface area contributed by atoms with Gasteiger partial charge in [0, 0.05) is 18.2 Å². The van der Waals surface area contributed by atoms with E-state index in [9.17, 15) is 4.79 Å².